The highest BCUT2D eigenvalue weighted by molar-refractivity contribution is 6.00. The highest BCUT2D eigenvalue weighted by atomic mass is 16.5. The topological polar surface area (TPSA) is 75.9 Å². The SMILES string of the molecule is NCCC(=O)N1CCCN(CCCOc2ccc(C(=O)[C@@H]3C[C@H]3c3ccccc3)cc2)CC1. The summed E-state index contributed by atoms with van der Waals surface area (Å²) in [5.74, 6) is 1.67. The van der Waals surface area contributed by atoms with E-state index in [0.717, 1.165) is 63.3 Å². The molecule has 0 unspecified atom stereocenters. The van der Waals surface area contributed by atoms with E-state index in [4.69, 9.17) is 10.5 Å². The Morgan fingerprint density at radius 1 is 0.970 bits per heavy atom. The first-order valence-electron chi connectivity index (χ1n) is 12.2. The highest BCUT2D eigenvalue weighted by Gasteiger charge is 2.43. The third-order valence-corrected chi connectivity index (χ3v) is 6.68. The van der Waals surface area contributed by atoms with Crippen molar-refractivity contribution in [2.24, 2.45) is 11.7 Å². The Bertz CT molecular complexity index is 916. The monoisotopic (exact) mass is 449 g/mol. The largest absolute Gasteiger partial charge is 0.494 e. The summed E-state index contributed by atoms with van der Waals surface area (Å²) in [5, 5.41) is 0. The van der Waals surface area contributed by atoms with Crippen molar-refractivity contribution >= 4 is 11.7 Å². The van der Waals surface area contributed by atoms with E-state index in [9.17, 15) is 9.59 Å². The number of nitrogens with zero attached hydrogens (tertiary/aromatic N) is 2. The van der Waals surface area contributed by atoms with Crippen molar-refractivity contribution in [1.82, 2.24) is 9.80 Å². The molecule has 4 rings (SSSR count). The molecule has 2 aliphatic rings. The maximum Gasteiger partial charge on any atom is 0.223 e. The van der Waals surface area contributed by atoms with Gasteiger partial charge in [-0.15, -0.1) is 0 Å². The van der Waals surface area contributed by atoms with Gasteiger partial charge in [0.15, 0.2) is 5.78 Å². The molecule has 1 amide bonds. The van der Waals surface area contributed by atoms with Crippen LogP contribution in [-0.4, -0.2) is 67.4 Å². The van der Waals surface area contributed by atoms with Crippen LogP contribution in [0.15, 0.2) is 54.6 Å². The van der Waals surface area contributed by atoms with Gasteiger partial charge >= 0.3 is 0 Å². The van der Waals surface area contributed by atoms with Crippen LogP contribution in [0.25, 0.3) is 0 Å². The number of rotatable bonds is 10. The Labute approximate surface area is 196 Å². The van der Waals surface area contributed by atoms with Crippen molar-refractivity contribution in [2.45, 2.75) is 31.6 Å². The van der Waals surface area contributed by atoms with Gasteiger partial charge < -0.3 is 20.3 Å². The predicted molar refractivity (Wildman–Crippen MR) is 129 cm³/mol. The van der Waals surface area contributed by atoms with Gasteiger partial charge in [-0.25, -0.2) is 0 Å². The van der Waals surface area contributed by atoms with Gasteiger partial charge in [-0.2, -0.15) is 0 Å². The van der Waals surface area contributed by atoms with Gasteiger partial charge in [0.05, 0.1) is 6.61 Å². The molecular weight excluding hydrogens is 414 g/mol. The number of carbonyl (C=O) groups is 2. The van der Waals surface area contributed by atoms with E-state index in [2.05, 4.69) is 17.0 Å². The molecule has 2 aromatic rings. The molecule has 6 heteroatoms. The molecule has 2 N–H and O–H groups in total. The number of hydrogen-bond donors (Lipinski definition) is 1. The Morgan fingerprint density at radius 2 is 1.76 bits per heavy atom. The number of amides is 1. The third kappa shape index (κ3) is 6.42. The lowest BCUT2D eigenvalue weighted by Crippen LogP contribution is -2.36. The summed E-state index contributed by atoms with van der Waals surface area (Å²) in [7, 11) is 0. The van der Waals surface area contributed by atoms with Crippen LogP contribution in [-0.2, 0) is 4.79 Å². The number of benzene rings is 2. The van der Waals surface area contributed by atoms with E-state index < -0.39 is 0 Å². The standard InChI is InChI=1S/C27H35N3O3/c28-13-12-26(31)30-16-4-14-29(17-18-30)15-5-19-33-23-10-8-22(9-11-23)27(32)25-20-24(25)21-6-2-1-3-7-21/h1-3,6-11,24-25H,4-5,12-20,28H2/t24-,25+/m0/s1. The lowest BCUT2D eigenvalue weighted by Gasteiger charge is -2.22. The molecule has 2 fully saturated rings. The van der Waals surface area contributed by atoms with Crippen LogP contribution in [0.3, 0.4) is 0 Å². The maximum atomic E-state index is 12.8. The number of ether oxygens (including phenoxy) is 1. The first kappa shape index (κ1) is 23.5. The van der Waals surface area contributed by atoms with Gasteiger partial charge in [-0.05, 0) is 61.6 Å². The van der Waals surface area contributed by atoms with Crippen LogP contribution in [0.4, 0.5) is 0 Å². The molecule has 0 aromatic heterocycles. The third-order valence-electron chi connectivity index (χ3n) is 6.68. The van der Waals surface area contributed by atoms with Gasteiger partial charge in [0.25, 0.3) is 0 Å². The zero-order valence-corrected chi connectivity index (χ0v) is 19.3. The van der Waals surface area contributed by atoms with E-state index in [1.165, 1.54) is 5.56 Å². The number of carbonyl (C=O) groups excluding carboxylic acids is 2. The molecule has 2 aromatic carbocycles. The van der Waals surface area contributed by atoms with Gasteiger partial charge in [0, 0.05) is 50.6 Å². The Hall–Kier alpha value is -2.70. The van der Waals surface area contributed by atoms with Crippen LogP contribution in [0.2, 0.25) is 0 Å². The minimum absolute atomic E-state index is 0.106. The van der Waals surface area contributed by atoms with Crippen LogP contribution in [0.1, 0.15) is 47.5 Å². The van der Waals surface area contributed by atoms with Crippen molar-refractivity contribution in [3.8, 4) is 5.75 Å². The second-order valence-corrected chi connectivity index (χ2v) is 9.06. The number of Topliss-reactive ketones (excluding diaryl/α,β-unsaturated/α-hetero) is 1. The van der Waals surface area contributed by atoms with Crippen LogP contribution in [0.5, 0.6) is 5.75 Å². The summed E-state index contributed by atoms with van der Waals surface area (Å²) in [5.41, 5.74) is 7.54. The smallest absolute Gasteiger partial charge is 0.223 e. The first-order chi connectivity index (χ1) is 16.2. The molecule has 1 saturated carbocycles. The fourth-order valence-electron chi connectivity index (χ4n) is 4.69. The first-order valence-corrected chi connectivity index (χ1v) is 12.2. The summed E-state index contributed by atoms with van der Waals surface area (Å²) < 4.78 is 5.90. The summed E-state index contributed by atoms with van der Waals surface area (Å²) in [6.07, 6.45) is 3.31. The Balaban J connectivity index is 1.16. The molecule has 0 radical (unpaired) electrons. The average Bonchev–Trinajstić information content (AvgIpc) is 3.67. The van der Waals surface area contributed by atoms with E-state index >= 15 is 0 Å². The van der Waals surface area contributed by atoms with Crippen molar-refractivity contribution < 1.29 is 14.3 Å². The fraction of sp³-hybridized carbons (Fsp3) is 0.481. The summed E-state index contributed by atoms with van der Waals surface area (Å²) in [6, 6.07) is 17.9. The second-order valence-electron chi connectivity index (χ2n) is 9.06. The van der Waals surface area contributed by atoms with E-state index in [0.29, 0.717) is 25.5 Å². The zero-order valence-electron chi connectivity index (χ0n) is 19.3. The van der Waals surface area contributed by atoms with Crippen LogP contribution < -0.4 is 10.5 Å². The Morgan fingerprint density at radius 3 is 2.52 bits per heavy atom. The number of hydrogen-bond acceptors (Lipinski definition) is 5. The zero-order chi connectivity index (χ0) is 23.0. The van der Waals surface area contributed by atoms with Gasteiger partial charge in [-0.3, -0.25) is 9.59 Å². The van der Waals surface area contributed by atoms with Crippen molar-refractivity contribution in [1.29, 1.82) is 0 Å². The highest BCUT2D eigenvalue weighted by Crippen LogP contribution is 2.49. The molecular formula is C27H35N3O3. The molecule has 1 saturated heterocycles. The Kier molecular flexibility index (Phi) is 8.13. The minimum atomic E-state index is 0.106. The van der Waals surface area contributed by atoms with Crippen LogP contribution in [0, 0.1) is 5.92 Å². The molecule has 2 atom stereocenters. The molecule has 1 aliphatic carbocycles. The van der Waals surface area contributed by atoms with Crippen molar-refractivity contribution in [3.63, 3.8) is 0 Å². The molecule has 6 nitrogen and oxygen atoms in total. The molecule has 0 bridgehead atoms. The number of nitrogens with two attached hydrogens (primary N) is 1. The molecule has 1 aliphatic heterocycles. The summed E-state index contributed by atoms with van der Waals surface area (Å²) >= 11 is 0. The van der Waals surface area contributed by atoms with E-state index in [1.807, 2.05) is 47.4 Å². The summed E-state index contributed by atoms with van der Waals surface area (Å²) in [6.45, 7) is 5.52. The molecule has 0 spiro atoms. The van der Waals surface area contributed by atoms with Crippen molar-refractivity contribution in [3.05, 3.63) is 65.7 Å². The molecule has 1 heterocycles. The fourth-order valence-corrected chi connectivity index (χ4v) is 4.69. The van der Waals surface area contributed by atoms with E-state index in [1.54, 1.807) is 0 Å². The van der Waals surface area contributed by atoms with E-state index in [-0.39, 0.29) is 17.6 Å². The molecule has 176 valence electrons. The second kappa shape index (κ2) is 11.4. The van der Waals surface area contributed by atoms with Gasteiger partial charge in [0.2, 0.25) is 5.91 Å². The number of ketones is 1. The predicted octanol–water partition coefficient (Wildman–Crippen LogP) is 3.33. The van der Waals surface area contributed by atoms with Crippen molar-refractivity contribution in [2.75, 3.05) is 45.9 Å². The normalized spacial score (nSPS) is 20.8. The van der Waals surface area contributed by atoms with Gasteiger partial charge in [0.1, 0.15) is 5.75 Å². The molecule has 33 heavy (non-hydrogen) atoms. The lowest BCUT2D eigenvalue weighted by molar-refractivity contribution is -0.130. The van der Waals surface area contributed by atoms with Gasteiger partial charge in [-0.1, -0.05) is 30.3 Å². The average molecular weight is 450 g/mol. The maximum absolute atomic E-state index is 12.8. The summed E-state index contributed by atoms with van der Waals surface area (Å²) in [4.78, 5) is 29.2. The lowest BCUT2D eigenvalue weighted by atomic mass is 10.0. The van der Waals surface area contributed by atoms with Crippen LogP contribution >= 0.6 is 0 Å². The minimum Gasteiger partial charge on any atom is -0.494 e. The quantitative estimate of drug-likeness (QED) is 0.445.